The number of hydrogen-bond donors (Lipinski definition) is 1. The fourth-order valence-electron chi connectivity index (χ4n) is 4.15. The first-order valence-corrected chi connectivity index (χ1v) is 12.5. The Kier molecular flexibility index (Phi) is 6.58. The summed E-state index contributed by atoms with van der Waals surface area (Å²) in [5.41, 5.74) is 3.49. The molecule has 6 nitrogen and oxygen atoms in total. The molecular weight excluding hydrogens is 422 g/mol. The van der Waals surface area contributed by atoms with E-state index in [1.54, 1.807) is 24.3 Å². The van der Waals surface area contributed by atoms with Gasteiger partial charge in [0, 0.05) is 37.4 Å². The molecule has 0 radical (unpaired) electrons. The minimum Gasteiger partial charge on any atom is -0.336 e. The molecule has 3 aromatic carbocycles. The molecule has 1 amide bonds. The molecule has 1 aliphatic heterocycles. The predicted octanol–water partition coefficient (Wildman–Crippen LogP) is 3.61. The fourth-order valence-corrected chi connectivity index (χ4v) is 4.71. The minimum absolute atomic E-state index is 0.0356. The molecule has 32 heavy (non-hydrogen) atoms. The molecule has 166 valence electrons. The van der Waals surface area contributed by atoms with Crippen molar-refractivity contribution in [2.75, 3.05) is 37.2 Å². The Labute approximate surface area is 189 Å². The molecule has 0 saturated carbocycles. The van der Waals surface area contributed by atoms with Gasteiger partial charge in [-0.3, -0.25) is 14.4 Å². The van der Waals surface area contributed by atoms with Crippen LogP contribution in [-0.4, -0.2) is 56.6 Å². The molecule has 0 atom stereocenters. The second-order valence-corrected chi connectivity index (χ2v) is 9.75. The number of anilines is 1. The van der Waals surface area contributed by atoms with Crippen LogP contribution in [0.1, 0.15) is 27.5 Å². The number of benzene rings is 3. The maximum Gasteiger partial charge on any atom is 0.253 e. The average molecular weight is 450 g/mol. The molecule has 4 rings (SSSR count). The van der Waals surface area contributed by atoms with Gasteiger partial charge in [0.15, 0.2) is 0 Å². The lowest BCUT2D eigenvalue weighted by molar-refractivity contribution is 0.0597. The van der Waals surface area contributed by atoms with Gasteiger partial charge in [-0.15, -0.1) is 0 Å². The van der Waals surface area contributed by atoms with Gasteiger partial charge in [-0.25, -0.2) is 8.42 Å². The van der Waals surface area contributed by atoms with E-state index in [1.165, 1.54) is 11.1 Å². The zero-order valence-electron chi connectivity index (χ0n) is 18.0. The third-order valence-corrected chi connectivity index (χ3v) is 6.24. The first kappa shape index (κ1) is 22.0. The van der Waals surface area contributed by atoms with E-state index in [4.69, 9.17) is 0 Å². The smallest absolute Gasteiger partial charge is 0.253 e. The number of amides is 1. The molecule has 0 aliphatic carbocycles. The summed E-state index contributed by atoms with van der Waals surface area (Å²) < 4.78 is 25.2. The number of nitrogens with zero attached hydrogens (tertiary/aromatic N) is 2. The monoisotopic (exact) mass is 449 g/mol. The number of carbonyl (C=O) groups excluding carboxylic acids is 1. The Hall–Kier alpha value is -3.16. The van der Waals surface area contributed by atoms with Crippen molar-refractivity contribution in [1.82, 2.24) is 9.80 Å². The van der Waals surface area contributed by atoms with Gasteiger partial charge in [0.2, 0.25) is 10.0 Å². The maximum atomic E-state index is 13.0. The fraction of sp³-hybridized carbons (Fsp3) is 0.240. The van der Waals surface area contributed by atoms with Crippen molar-refractivity contribution in [3.63, 3.8) is 0 Å². The van der Waals surface area contributed by atoms with Crippen LogP contribution in [0.15, 0.2) is 84.9 Å². The second-order valence-electron chi connectivity index (χ2n) is 8.00. The highest BCUT2D eigenvalue weighted by Crippen LogP contribution is 2.29. The third kappa shape index (κ3) is 5.36. The highest BCUT2D eigenvalue weighted by molar-refractivity contribution is 7.92. The Morgan fingerprint density at radius 2 is 1.28 bits per heavy atom. The van der Waals surface area contributed by atoms with Crippen LogP contribution in [0, 0.1) is 0 Å². The van der Waals surface area contributed by atoms with Crippen molar-refractivity contribution in [2.24, 2.45) is 0 Å². The largest absolute Gasteiger partial charge is 0.336 e. The van der Waals surface area contributed by atoms with E-state index in [1.807, 2.05) is 17.0 Å². The molecule has 1 heterocycles. The van der Waals surface area contributed by atoms with E-state index in [-0.39, 0.29) is 11.9 Å². The molecule has 0 unspecified atom stereocenters. The first-order chi connectivity index (χ1) is 15.4. The lowest BCUT2D eigenvalue weighted by atomic mass is 9.96. The summed E-state index contributed by atoms with van der Waals surface area (Å²) in [6.07, 6.45) is 1.10. The van der Waals surface area contributed by atoms with Crippen LogP contribution in [0.25, 0.3) is 0 Å². The molecule has 7 heteroatoms. The zero-order valence-corrected chi connectivity index (χ0v) is 18.8. The van der Waals surface area contributed by atoms with Crippen LogP contribution in [0.3, 0.4) is 0 Å². The summed E-state index contributed by atoms with van der Waals surface area (Å²) in [6.45, 7) is 2.82. The number of rotatable bonds is 6. The van der Waals surface area contributed by atoms with Gasteiger partial charge in [-0.2, -0.15) is 0 Å². The van der Waals surface area contributed by atoms with Crippen LogP contribution in [0.4, 0.5) is 5.69 Å². The molecule has 1 fully saturated rings. The molecular formula is C25H27N3O3S. The summed E-state index contributed by atoms with van der Waals surface area (Å²) >= 11 is 0. The van der Waals surface area contributed by atoms with Crippen molar-refractivity contribution < 1.29 is 13.2 Å². The van der Waals surface area contributed by atoms with Crippen LogP contribution in [0.5, 0.6) is 0 Å². The molecule has 1 N–H and O–H groups in total. The lowest BCUT2D eigenvalue weighted by Gasteiger charge is -2.39. The Morgan fingerprint density at radius 3 is 1.75 bits per heavy atom. The summed E-state index contributed by atoms with van der Waals surface area (Å²) in [6, 6.07) is 27.6. The van der Waals surface area contributed by atoms with Crippen LogP contribution in [-0.2, 0) is 10.0 Å². The minimum atomic E-state index is -3.34. The average Bonchev–Trinajstić information content (AvgIpc) is 2.80. The van der Waals surface area contributed by atoms with Crippen LogP contribution < -0.4 is 4.72 Å². The number of piperazine rings is 1. The van der Waals surface area contributed by atoms with Crippen LogP contribution >= 0.6 is 0 Å². The summed E-state index contributed by atoms with van der Waals surface area (Å²) in [4.78, 5) is 17.3. The van der Waals surface area contributed by atoms with Crippen molar-refractivity contribution >= 4 is 21.6 Å². The van der Waals surface area contributed by atoms with Gasteiger partial charge in [0.05, 0.1) is 12.3 Å². The molecule has 1 saturated heterocycles. The van der Waals surface area contributed by atoms with Gasteiger partial charge in [0.1, 0.15) is 0 Å². The van der Waals surface area contributed by atoms with E-state index in [2.05, 4.69) is 58.2 Å². The molecule has 3 aromatic rings. The summed E-state index contributed by atoms with van der Waals surface area (Å²) in [5.74, 6) is -0.0356. The quantitative estimate of drug-likeness (QED) is 0.624. The standard InChI is InChI=1S/C25H27N3O3S/c1-32(30,31)26-23-14-12-22(13-15-23)25(29)28-18-16-27(17-19-28)24(20-8-4-2-5-9-20)21-10-6-3-7-11-21/h2-15,24,26H,16-19H2,1H3. The van der Waals surface area contributed by atoms with Crippen molar-refractivity contribution in [2.45, 2.75) is 6.04 Å². The maximum absolute atomic E-state index is 13.0. The number of nitrogens with one attached hydrogen (secondary N) is 1. The van der Waals surface area contributed by atoms with Crippen molar-refractivity contribution in [3.8, 4) is 0 Å². The molecule has 0 spiro atoms. The predicted molar refractivity (Wildman–Crippen MR) is 127 cm³/mol. The van der Waals surface area contributed by atoms with Crippen molar-refractivity contribution in [1.29, 1.82) is 0 Å². The Morgan fingerprint density at radius 1 is 0.781 bits per heavy atom. The van der Waals surface area contributed by atoms with Gasteiger partial charge >= 0.3 is 0 Å². The molecule has 0 aromatic heterocycles. The van der Waals surface area contributed by atoms with Gasteiger partial charge in [-0.1, -0.05) is 60.7 Å². The summed E-state index contributed by atoms with van der Waals surface area (Å²) in [7, 11) is -3.34. The zero-order chi connectivity index (χ0) is 22.6. The first-order valence-electron chi connectivity index (χ1n) is 10.6. The van der Waals surface area contributed by atoms with Gasteiger partial charge in [0.25, 0.3) is 5.91 Å². The van der Waals surface area contributed by atoms with Crippen molar-refractivity contribution in [3.05, 3.63) is 102 Å². The third-order valence-electron chi connectivity index (χ3n) is 5.63. The molecule has 1 aliphatic rings. The summed E-state index contributed by atoms with van der Waals surface area (Å²) in [5, 5.41) is 0. The van der Waals surface area contributed by atoms with E-state index in [9.17, 15) is 13.2 Å². The highest BCUT2D eigenvalue weighted by atomic mass is 32.2. The second kappa shape index (κ2) is 9.54. The van der Waals surface area contributed by atoms with Gasteiger partial charge in [-0.05, 0) is 35.4 Å². The van der Waals surface area contributed by atoms with E-state index < -0.39 is 10.0 Å². The number of sulfonamides is 1. The SMILES string of the molecule is CS(=O)(=O)Nc1ccc(C(=O)N2CCN(C(c3ccccc3)c3ccccc3)CC2)cc1. The normalized spacial score (nSPS) is 15.0. The Balaban J connectivity index is 1.45. The number of hydrogen-bond acceptors (Lipinski definition) is 4. The Bertz CT molecular complexity index is 1100. The van der Waals surface area contributed by atoms with E-state index in [0.29, 0.717) is 24.3 Å². The topological polar surface area (TPSA) is 69.7 Å². The lowest BCUT2D eigenvalue weighted by Crippen LogP contribution is -2.49. The van der Waals surface area contributed by atoms with Gasteiger partial charge < -0.3 is 4.90 Å². The molecule has 0 bridgehead atoms. The van der Waals surface area contributed by atoms with Crippen LogP contribution in [0.2, 0.25) is 0 Å². The number of carbonyl (C=O) groups is 1. The van der Waals surface area contributed by atoms with E-state index >= 15 is 0 Å². The van der Waals surface area contributed by atoms with E-state index in [0.717, 1.165) is 19.3 Å². The highest BCUT2D eigenvalue weighted by Gasteiger charge is 2.28.